The molecule has 0 aliphatic heterocycles. The molecule has 3 aromatic rings. The van der Waals surface area contributed by atoms with Gasteiger partial charge in [-0.2, -0.15) is 0 Å². The summed E-state index contributed by atoms with van der Waals surface area (Å²) in [6, 6.07) is 14.1. The molecule has 1 heterocycles. The van der Waals surface area contributed by atoms with Gasteiger partial charge < -0.3 is 9.32 Å². The van der Waals surface area contributed by atoms with Gasteiger partial charge in [-0.05, 0) is 51.0 Å². The second-order valence-corrected chi connectivity index (χ2v) is 6.11. The van der Waals surface area contributed by atoms with E-state index in [1.54, 1.807) is 0 Å². The van der Waals surface area contributed by atoms with Gasteiger partial charge in [0.1, 0.15) is 5.58 Å². The van der Waals surface area contributed by atoms with Crippen LogP contribution in [0.25, 0.3) is 22.1 Å². The average molecular weight is 321 g/mol. The molecule has 0 aliphatic rings. The second kappa shape index (κ2) is 6.52. The van der Waals surface area contributed by atoms with Gasteiger partial charge in [-0.15, -0.1) is 0 Å². The van der Waals surface area contributed by atoms with Crippen molar-refractivity contribution in [1.29, 1.82) is 0 Å². The van der Waals surface area contributed by atoms with Crippen molar-refractivity contribution < 1.29 is 4.42 Å². The predicted octanol–water partition coefficient (Wildman–Crippen LogP) is 4.92. The lowest BCUT2D eigenvalue weighted by Crippen LogP contribution is -2.21. The van der Waals surface area contributed by atoms with Crippen molar-refractivity contribution in [3.8, 4) is 11.1 Å². The Morgan fingerprint density at radius 3 is 2.25 bits per heavy atom. The zero-order valence-electron chi connectivity index (χ0n) is 14.7. The topological polar surface area (TPSA) is 33.5 Å². The number of anilines is 1. The first kappa shape index (κ1) is 16.3. The molecule has 0 spiro atoms. The Kier molecular flexibility index (Phi) is 4.43. The fourth-order valence-electron chi connectivity index (χ4n) is 3.18. The number of rotatable bonds is 4. The molecule has 0 amide bonds. The summed E-state index contributed by atoms with van der Waals surface area (Å²) in [5.41, 5.74) is 5.15. The molecule has 0 unspecified atom stereocenters. The number of hydrogen-bond acceptors (Lipinski definition) is 3. The van der Waals surface area contributed by atoms with E-state index in [-0.39, 0.29) is 5.63 Å². The van der Waals surface area contributed by atoms with E-state index < -0.39 is 0 Å². The Balaban J connectivity index is 2.19. The van der Waals surface area contributed by atoms with E-state index in [1.165, 1.54) is 5.56 Å². The second-order valence-electron chi connectivity index (χ2n) is 6.11. The van der Waals surface area contributed by atoms with Gasteiger partial charge in [0.15, 0.2) is 0 Å². The predicted molar refractivity (Wildman–Crippen MR) is 101 cm³/mol. The molecule has 0 atom stereocenters. The van der Waals surface area contributed by atoms with Crippen LogP contribution in [0.1, 0.15) is 25.0 Å². The van der Waals surface area contributed by atoms with Crippen molar-refractivity contribution >= 4 is 16.7 Å². The lowest BCUT2D eigenvalue weighted by molar-refractivity contribution is 0.562. The summed E-state index contributed by atoms with van der Waals surface area (Å²) in [6.07, 6.45) is 0. The van der Waals surface area contributed by atoms with E-state index >= 15 is 0 Å². The summed E-state index contributed by atoms with van der Waals surface area (Å²) >= 11 is 0. The number of benzene rings is 2. The minimum atomic E-state index is -0.277. The zero-order valence-corrected chi connectivity index (χ0v) is 14.7. The maximum absolute atomic E-state index is 12.6. The third kappa shape index (κ3) is 2.82. The molecule has 3 heteroatoms. The Labute approximate surface area is 142 Å². The monoisotopic (exact) mass is 321 g/mol. The average Bonchev–Trinajstić information content (AvgIpc) is 2.57. The molecule has 0 fully saturated rings. The summed E-state index contributed by atoms with van der Waals surface area (Å²) in [5.74, 6) is 0. The van der Waals surface area contributed by atoms with E-state index in [0.717, 1.165) is 35.3 Å². The molecule has 0 saturated heterocycles. The van der Waals surface area contributed by atoms with Gasteiger partial charge in [-0.1, -0.05) is 29.8 Å². The normalized spacial score (nSPS) is 11.0. The fraction of sp³-hybridized carbons (Fsp3) is 0.286. The van der Waals surface area contributed by atoms with Crippen LogP contribution >= 0.6 is 0 Å². The van der Waals surface area contributed by atoms with Crippen molar-refractivity contribution in [3.63, 3.8) is 0 Å². The molecule has 0 radical (unpaired) electrons. The SMILES string of the molecule is CCN(CC)c1ccc2c(C)c(-c3ccc(C)cc3)c(=O)oc2c1. The largest absolute Gasteiger partial charge is 0.422 e. The number of aryl methyl sites for hydroxylation is 2. The van der Waals surface area contributed by atoms with Crippen LogP contribution in [0.5, 0.6) is 0 Å². The van der Waals surface area contributed by atoms with Gasteiger partial charge in [0.05, 0.1) is 5.56 Å². The summed E-state index contributed by atoms with van der Waals surface area (Å²) in [4.78, 5) is 14.8. The van der Waals surface area contributed by atoms with Crippen molar-refractivity contribution in [3.05, 3.63) is 64.0 Å². The lowest BCUT2D eigenvalue weighted by Gasteiger charge is -2.21. The highest BCUT2D eigenvalue weighted by Gasteiger charge is 2.14. The minimum absolute atomic E-state index is 0.277. The van der Waals surface area contributed by atoms with Crippen LogP contribution < -0.4 is 10.5 Å². The summed E-state index contributed by atoms with van der Waals surface area (Å²) in [5, 5.41) is 0.987. The van der Waals surface area contributed by atoms with Gasteiger partial charge in [-0.25, -0.2) is 4.79 Å². The van der Waals surface area contributed by atoms with E-state index in [1.807, 2.05) is 44.2 Å². The lowest BCUT2D eigenvalue weighted by atomic mass is 9.98. The molecule has 0 bridgehead atoms. The number of fused-ring (bicyclic) bond motifs is 1. The van der Waals surface area contributed by atoms with Crippen LogP contribution in [0.15, 0.2) is 51.7 Å². The van der Waals surface area contributed by atoms with Crippen LogP contribution in [0.4, 0.5) is 5.69 Å². The Hall–Kier alpha value is -2.55. The van der Waals surface area contributed by atoms with Gasteiger partial charge in [0.25, 0.3) is 0 Å². The molecule has 3 rings (SSSR count). The molecule has 124 valence electrons. The standard InChI is InChI=1S/C21H23NO2/c1-5-22(6-2)17-11-12-18-15(4)20(21(23)24-19(18)13-17)16-9-7-14(3)8-10-16/h7-13H,5-6H2,1-4H3. The Bertz CT molecular complexity index is 919. The molecule has 0 saturated carbocycles. The van der Waals surface area contributed by atoms with Crippen LogP contribution in [0, 0.1) is 13.8 Å². The first-order valence-corrected chi connectivity index (χ1v) is 8.44. The van der Waals surface area contributed by atoms with Gasteiger partial charge in [-0.3, -0.25) is 0 Å². The van der Waals surface area contributed by atoms with Crippen LogP contribution in [0.2, 0.25) is 0 Å². The third-order valence-electron chi connectivity index (χ3n) is 4.62. The molecule has 3 nitrogen and oxygen atoms in total. The molecule has 0 aliphatic carbocycles. The van der Waals surface area contributed by atoms with Crippen molar-refractivity contribution in [2.75, 3.05) is 18.0 Å². The van der Waals surface area contributed by atoms with E-state index in [4.69, 9.17) is 4.42 Å². The van der Waals surface area contributed by atoms with Crippen LogP contribution in [-0.4, -0.2) is 13.1 Å². The van der Waals surface area contributed by atoms with Gasteiger partial charge >= 0.3 is 5.63 Å². The summed E-state index contributed by atoms with van der Waals surface area (Å²) in [7, 11) is 0. The number of hydrogen-bond donors (Lipinski definition) is 0. The molecular formula is C21H23NO2. The van der Waals surface area contributed by atoms with Crippen LogP contribution in [0.3, 0.4) is 0 Å². The van der Waals surface area contributed by atoms with Gasteiger partial charge in [0.2, 0.25) is 0 Å². The maximum atomic E-state index is 12.6. The van der Waals surface area contributed by atoms with Crippen molar-refractivity contribution in [2.45, 2.75) is 27.7 Å². The zero-order chi connectivity index (χ0) is 17.3. The first-order valence-electron chi connectivity index (χ1n) is 8.44. The summed E-state index contributed by atoms with van der Waals surface area (Å²) < 4.78 is 5.66. The highest BCUT2D eigenvalue weighted by Crippen LogP contribution is 2.29. The highest BCUT2D eigenvalue weighted by atomic mass is 16.4. The maximum Gasteiger partial charge on any atom is 0.344 e. The quantitative estimate of drug-likeness (QED) is 0.639. The Morgan fingerprint density at radius 2 is 1.62 bits per heavy atom. The molecule has 0 N–H and O–H groups in total. The van der Waals surface area contributed by atoms with E-state index in [9.17, 15) is 4.79 Å². The van der Waals surface area contributed by atoms with Crippen LogP contribution in [-0.2, 0) is 0 Å². The first-order chi connectivity index (χ1) is 11.5. The van der Waals surface area contributed by atoms with Gasteiger partial charge in [0, 0.05) is 30.2 Å². The van der Waals surface area contributed by atoms with E-state index in [0.29, 0.717) is 11.1 Å². The highest BCUT2D eigenvalue weighted by molar-refractivity contribution is 5.88. The fourth-order valence-corrected chi connectivity index (χ4v) is 3.18. The summed E-state index contributed by atoms with van der Waals surface area (Å²) in [6.45, 7) is 10.1. The molecule has 2 aromatic carbocycles. The molecule has 1 aromatic heterocycles. The third-order valence-corrected chi connectivity index (χ3v) is 4.62. The van der Waals surface area contributed by atoms with Crippen molar-refractivity contribution in [2.24, 2.45) is 0 Å². The minimum Gasteiger partial charge on any atom is -0.422 e. The van der Waals surface area contributed by atoms with Crippen molar-refractivity contribution in [1.82, 2.24) is 0 Å². The Morgan fingerprint density at radius 1 is 0.958 bits per heavy atom. The number of nitrogens with zero attached hydrogens (tertiary/aromatic N) is 1. The molecular weight excluding hydrogens is 298 g/mol. The van der Waals surface area contributed by atoms with E-state index in [2.05, 4.69) is 30.9 Å². The molecule has 24 heavy (non-hydrogen) atoms. The smallest absolute Gasteiger partial charge is 0.344 e.